The van der Waals surface area contributed by atoms with Crippen LogP contribution in [0.25, 0.3) is 6.08 Å². The van der Waals surface area contributed by atoms with Gasteiger partial charge in [0.05, 0.1) is 7.11 Å². The average molecular weight is 388 g/mol. The molecule has 0 heterocycles. The molecule has 0 spiro atoms. The summed E-state index contributed by atoms with van der Waals surface area (Å²) in [5.41, 5.74) is 0.901. The van der Waals surface area contributed by atoms with Crippen LogP contribution >= 0.6 is 0 Å². The summed E-state index contributed by atoms with van der Waals surface area (Å²) in [6, 6.07) is 8.37. The van der Waals surface area contributed by atoms with Crippen molar-refractivity contribution >= 4 is 17.8 Å². The molecule has 0 radical (unpaired) electrons. The molecule has 0 saturated carbocycles. The number of Topliss-reactive ketones (excluding diaryl/α,β-unsaturated/α-hetero) is 1. The van der Waals surface area contributed by atoms with E-state index in [2.05, 4.69) is 0 Å². The Labute approximate surface area is 161 Å². The van der Waals surface area contributed by atoms with E-state index in [1.807, 2.05) is 0 Å². The smallest absolute Gasteiger partial charge is 0.331 e. The van der Waals surface area contributed by atoms with Gasteiger partial charge in [0, 0.05) is 13.2 Å². The van der Waals surface area contributed by atoms with Gasteiger partial charge < -0.3 is 29.5 Å². The normalized spacial score (nSPS) is 11.9. The molecule has 2 aromatic carbocycles. The Morgan fingerprint density at radius 1 is 1.00 bits per heavy atom. The summed E-state index contributed by atoms with van der Waals surface area (Å²) in [7, 11) is 2.70. The van der Waals surface area contributed by atoms with Gasteiger partial charge in [-0.25, -0.2) is 4.79 Å². The SMILES string of the molecule is COc1cc(C=CC(=O)OCC(=O)C(OC)c2ccc(O)c(O)c2)ccc1O. The van der Waals surface area contributed by atoms with E-state index in [9.17, 15) is 24.9 Å². The Bertz CT molecular complexity index is 888. The van der Waals surface area contributed by atoms with Crippen LogP contribution in [0, 0.1) is 0 Å². The topological polar surface area (TPSA) is 123 Å². The molecule has 0 bridgehead atoms. The zero-order valence-electron chi connectivity index (χ0n) is 15.3. The molecule has 0 aromatic heterocycles. The number of hydrogen-bond donors (Lipinski definition) is 3. The second kappa shape index (κ2) is 9.43. The van der Waals surface area contributed by atoms with Crippen molar-refractivity contribution in [3.8, 4) is 23.0 Å². The van der Waals surface area contributed by atoms with Crippen LogP contribution in [0.3, 0.4) is 0 Å². The van der Waals surface area contributed by atoms with Crippen LogP contribution in [0.15, 0.2) is 42.5 Å². The largest absolute Gasteiger partial charge is 0.504 e. The molecule has 0 saturated heterocycles. The van der Waals surface area contributed by atoms with E-state index in [1.54, 1.807) is 6.07 Å². The summed E-state index contributed by atoms with van der Waals surface area (Å²) in [6.07, 6.45) is 1.51. The maximum absolute atomic E-state index is 12.3. The monoisotopic (exact) mass is 388 g/mol. The Morgan fingerprint density at radius 3 is 2.36 bits per heavy atom. The molecule has 0 aliphatic rings. The van der Waals surface area contributed by atoms with Crippen LogP contribution < -0.4 is 4.74 Å². The average Bonchev–Trinajstić information content (AvgIpc) is 2.69. The summed E-state index contributed by atoms with van der Waals surface area (Å²) in [5.74, 6) is -1.78. The second-order valence-electron chi connectivity index (χ2n) is 5.70. The van der Waals surface area contributed by atoms with Gasteiger partial charge in [-0.05, 0) is 41.5 Å². The number of esters is 1. The molecule has 0 amide bonds. The number of rotatable bonds is 8. The van der Waals surface area contributed by atoms with E-state index in [0.717, 1.165) is 6.08 Å². The van der Waals surface area contributed by atoms with Crippen molar-refractivity contribution in [3.05, 3.63) is 53.6 Å². The first kappa shape index (κ1) is 20.8. The molecule has 28 heavy (non-hydrogen) atoms. The van der Waals surface area contributed by atoms with Gasteiger partial charge in [0.25, 0.3) is 0 Å². The molecular formula is C20H20O8. The zero-order chi connectivity index (χ0) is 20.7. The van der Waals surface area contributed by atoms with Crippen LogP contribution in [0.5, 0.6) is 23.0 Å². The lowest BCUT2D eigenvalue weighted by molar-refractivity contribution is -0.146. The van der Waals surface area contributed by atoms with E-state index in [1.165, 1.54) is 50.6 Å². The third-order valence-corrected chi connectivity index (χ3v) is 3.80. The Kier molecular flexibility index (Phi) is 7.00. The minimum Gasteiger partial charge on any atom is -0.504 e. The van der Waals surface area contributed by atoms with Gasteiger partial charge in [-0.2, -0.15) is 0 Å². The van der Waals surface area contributed by atoms with E-state index in [-0.39, 0.29) is 17.2 Å². The van der Waals surface area contributed by atoms with Crippen molar-refractivity contribution in [2.45, 2.75) is 6.10 Å². The lowest BCUT2D eigenvalue weighted by Crippen LogP contribution is -2.21. The predicted molar refractivity (Wildman–Crippen MR) is 99.2 cm³/mol. The fourth-order valence-corrected chi connectivity index (χ4v) is 2.39. The fourth-order valence-electron chi connectivity index (χ4n) is 2.39. The first-order chi connectivity index (χ1) is 13.3. The van der Waals surface area contributed by atoms with Crippen LogP contribution in [0.1, 0.15) is 17.2 Å². The quantitative estimate of drug-likeness (QED) is 0.358. The molecule has 1 atom stereocenters. The maximum atomic E-state index is 12.3. The molecule has 2 aromatic rings. The van der Waals surface area contributed by atoms with Crippen molar-refractivity contribution in [1.29, 1.82) is 0 Å². The van der Waals surface area contributed by atoms with Crippen molar-refractivity contribution in [1.82, 2.24) is 0 Å². The number of carbonyl (C=O) groups excluding carboxylic acids is 2. The molecule has 8 nitrogen and oxygen atoms in total. The Morgan fingerprint density at radius 2 is 1.71 bits per heavy atom. The number of methoxy groups -OCH3 is 2. The summed E-state index contributed by atoms with van der Waals surface area (Å²) in [5, 5.41) is 28.4. The molecule has 0 aliphatic carbocycles. The van der Waals surface area contributed by atoms with Crippen LogP contribution in [0.2, 0.25) is 0 Å². The minimum absolute atomic E-state index is 0.0290. The number of aromatic hydroxyl groups is 3. The molecule has 0 fully saturated rings. The van der Waals surface area contributed by atoms with E-state index in [0.29, 0.717) is 11.1 Å². The van der Waals surface area contributed by atoms with Gasteiger partial charge in [0.1, 0.15) is 6.10 Å². The van der Waals surface area contributed by atoms with Crippen LogP contribution in [-0.2, 0) is 19.1 Å². The van der Waals surface area contributed by atoms with Gasteiger partial charge in [0.15, 0.2) is 29.6 Å². The van der Waals surface area contributed by atoms with Crippen molar-refractivity contribution in [2.24, 2.45) is 0 Å². The fraction of sp³-hybridized carbons (Fsp3) is 0.200. The zero-order valence-corrected chi connectivity index (χ0v) is 15.3. The minimum atomic E-state index is -1.07. The lowest BCUT2D eigenvalue weighted by atomic mass is 10.1. The van der Waals surface area contributed by atoms with E-state index < -0.39 is 30.2 Å². The number of phenolic OH excluding ortho intramolecular Hbond substituents is 3. The van der Waals surface area contributed by atoms with E-state index in [4.69, 9.17) is 14.2 Å². The highest BCUT2D eigenvalue weighted by Crippen LogP contribution is 2.29. The Hall–Kier alpha value is -3.52. The number of benzene rings is 2. The molecule has 0 aliphatic heterocycles. The molecule has 8 heteroatoms. The highest BCUT2D eigenvalue weighted by Gasteiger charge is 2.22. The molecular weight excluding hydrogens is 368 g/mol. The van der Waals surface area contributed by atoms with Gasteiger partial charge in [0.2, 0.25) is 5.78 Å². The molecule has 2 rings (SSSR count). The lowest BCUT2D eigenvalue weighted by Gasteiger charge is -2.15. The predicted octanol–water partition coefficient (Wildman–Crippen LogP) is 2.33. The first-order valence-corrected chi connectivity index (χ1v) is 8.15. The molecule has 148 valence electrons. The first-order valence-electron chi connectivity index (χ1n) is 8.15. The van der Waals surface area contributed by atoms with Gasteiger partial charge >= 0.3 is 5.97 Å². The van der Waals surface area contributed by atoms with Crippen molar-refractivity contribution in [3.63, 3.8) is 0 Å². The van der Waals surface area contributed by atoms with Crippen LogP contribution in [-0.4, -0.2) is 47.9 Å². The third kappa shape index (κ3) is 5.24. The van der Waals surface area contributed by atoms with Crippen LogP contribution in [0.4, 0.5) is 0 Å². The summed E-state index contributed by atoms with van der Waals surface area (Å²) >= 11 is 0. The van der Waals surface area contributed by atoms with Gasteiger partial charge in [-0.15, -0.1) is 0 Å². The number of hydrogen-bond acceptors (Lipinski definition) is 8. The summed E-state index contributed by atoms with van der Waals surface area (Å²) in [6.45, 7) is -0.539. The maximum Gasteiger partial charge on any atom is 0.331 e. The summed E-state index contributed by atoms with van der Waals surface area (Å²) in [4.78, 5) is 24.1. The number of ether oxygens (including phenoxy) is 3. The van der Waals surface area contributed by atoms with Gasteiger partial charge in [-0.3, -0.25) is 4.79 Å². The number of ketones is 1. The number of phenols is 3. The third-order valence-electron chi connectivity index (χ3n) is 3.80. The van der Waals surface area contributed by atoms with E-state index >= 15 is 0 Å². The molecule has 1 unspecified atom stereocenters. The highest BCUT2D eigenvalue weighted by atomic mass is 16.5. The van der Waals surface area contributed by atoms with Gasteiger partial charge in [-0.1, -0.05) is 12.1 Å². The van der Waals surface area contributed by atoms with Crippen molar-refractivity contribution in [2.75, 3.05) is 20.8 Å². The molecule has 3 N–H and O–H groups in total. The standard InChI is InChI=1S/C20H20O8/c1-26-18-9-12(3-6-15(18)22)4-8-19(25)28-11-17(24)20(27-2)13-5-7-14(21)16(23)10-13/h3-10,20-23H,11H2,1-2H3. The Balaban J connectivity index is 1.97. The number of carbonyl (C=O) groups is 2. The highest BCUT2D eigenvalue weighted by molar-refractivity contribution is 5.91. The van der Waals surface area contributed by atoms with Crippen molar-refractivity contribution < 1.29 is 39.1 Å². The second-order valence-corrected chi connectivity index (χ2v) is 5.70. The summed E-state index contributed by atoms with van der Waals surface area (Å²) < 4.78 is 15.0.